The third kappa shape index (κ3) is 2.48. The summed E-state index contributed by atoms with van der Waals surface area (Å²) < 4.78 is 28.9. The number of primary sulfonamides is 1. The molecule has 2 atom stereocenters. The zero-order chi connectivity index (χ0) is 17.1. The van der Waals surface area contributed by atoms with Gasteiger partial charge in [-0.25, -0.2) is 18.5 Å². The summed E-state index contributed by atoms with van der Waals surface area (Å²) in [6, 6.07) is 6.87. The van der Waals surface area contributed by atoms with Gasteiger partial charge in [-0.15, -0.1) is 0 Å². The number of benzene rings is 1. The topological polar surface area (TPSA) is 86.2 Å². The van der Waals surface area contributed by atoms with Crippen molar-refractivity contribution in [3.8, 4) is 0 Å². The Morgan fingerprint density at radius 1 is 1.12 bits per heavy atom. The number of hydrogen-bond acceptors (Lipinski definition) is 4. The largest absolute Gasteiger partial charge is 0.445 e. The van der Waals surface area contributed by atoms with Gasteiger partial charge in [-0.1, -0.05) is 26.0 Å². The first-order valence-corrected chi connectivity index (χ1v) is 9.94. The standard InChI is InChI=1S/C18H22N2O3S/c1-18(2)15(11-7-9-12(10-8-11)24(19,21)22)16(18)17-20-13-5-3-4-6-14(13)23-17/h7-10,15-16H,3-6H2,1-2H3,(H2,19,21,22)/t15-,16+/m0/s1. The number of sulfonamides is 1. The van der Waals surface area contributed by atoms with Crippen molar-refractivity contribution < 1.29 is 12.8 Å². The van der Waals surface area contributed by atoms with E-state index in [0.29, 0.717) is 0 Å². The second kappa shape index (κ2) is 5.17. The summed E-state index contributed by atoms with van der Waals surface area (Å²) in [5.41, 5.74) is 2.28. The van der Waals surface area contributed by atoms with Crippen LogP contribution < -0.4 is 5.14 Å². The molecule has 24 heavy (non-hydrogen) atoms. The Hall–Kier alpha value is -1.66. The molecule has 2 N–H and O–H groups in total. The van der Waals surface area contributed by atoms with Crippen LogP contribution in [-0.4, -0.2) is 13.4 Å². The van der Waals surface area contributed by atoms with Crippen molar-refractivity contribution >= 4 is 10.0 Å². The van der Waals surface area contributed by atoms with Crippen molar-refractivity contribution in [2.75, 3.05) is 0 Å². The first kappa shape index (κ1) is 15.8. The molecule has 1 heterocycles. The molecular weight excluding hydrogens is 324 g/mol. The first-order valence-electron chi connectivity index (χ1n) is 8.40. The maximum Gasteiger partial charge on any atom is 0.238 e. The number of fused-ring (bicyclic) bond motifs is 1. The van der Waals surface area contributed by atoms with Gasteiger partial charge in [0.2, 0.25) is 10.0 Å². The predicted octanol–water partition coefficient (Wildman–Crippen LogP) is 3.11. The van der Waals surface area contributed by atoms with Crippen molar-refractivity contribution in [1.82, 2.24) is 4.98 Å². The molecule has 5 nitrogen and oxygen atoms in total. The molecule has 0 bridgehead atoms. The molecule has 1 aromatic carbocycles. The quantitative estimate of drug-likeness (QED) is 0.925. The van der Waals surface area contributed by atoms with E-state index in [4.69, 9.17) is 14.5 Å². The van der Waals surface area contributed by atoms with Gasteiger partial charge in [0.05, 0.1) is 10.6 Å². The molecule has 2 aromatic rings. The first-order chi connectivity index (χ1) is 11.3. The number of aryl methyl sites for hydroxylation is 2. The number of nitrogens with zero attached hydrogens (tertiary/aromatic N) is 1. The molecule has 0 spiro atoms. The van der Waals surface area contributed by atoms with Crippen LogP contribution in [0.1, 0.15) is 61.4 Å². The molecule has 0 unspecified atom stereocenters. The van der Waals surface area contributed by atoms with Crippen molar-refractivity contribution in [2.45, 2.75) is 56.3 Å². The summed E-state index contributed by atoms with van der Waals surface area (Å²) >= 11 is 0. The molecule has 0 aliphatic heterocycles. The highest BCUT2D eigenvalue weighted by Crippen LogP contribution is 2.69. The number of oxazole rings is 1. The summed E-state index contributed by atoms with van der Waals surface area (Å²) in [6.45, 7) is 4.41. The van der Waals surface area contributed by atoms with E-state index in [1.807, 2.05) is 12.1 Å². The fraction of sp³-hybridized carbons (Fsp3) is 0.500. The van der Waals surface area contributed by atoms with Crippen LogP contribution in [0.3, 0.4) is 0 Å². The molecule has 2 aliphatic rings. The van der Waals surface area contributed by atoms with Gasteiger partial charge in [-0.05, 0) is 42.4 Å². The van der Waals surface area contributed by atoms with Crippen LogP contribution in [0.25, 0.3) is 0 Å². The molecule has 6 heteroatoms. The molecule has 0 amide bonds. The molecular formula is C18H22N2O3S. The Labute approximate surface area is 142 Å². The van der Waals surface area contributed by atoms with Crippen LogP contribution in [0.2, 0.25) is 0 Å². The van der Waals surface area contributed by atoms with E-state index in [1.165, 1.54) is 12.8 Å². The minimum atomic E-state index is -3.65. The SMILES string of the molecule is CC1(C)[C@@H](c2ccc(S(N)(=O)=O)cc2)[C@@H]1c1nc2c(o1)CCCC2. The van der Waals surface area contributed by atoms with Gasteiger partial charge in [0, 0.05) is 18.3 Å². The summed E-state index contributed by atoms with van der Waals surface area (Å²) in [5, 5.41) is 5.17. The van der Waals surface area contributed by atoms with Gasteiger partial charge < -0.3 is 4.42 Å². The lowest BCUT2D eigenvalue weighted by molar-refractivity contribution is 0.424. The van der Waals surface area contributed by atoms with Gasteiger partial charge in [0.1, 0.15) is 5.76 Å². The predicted molar refractivity (Wildman–Crippen MR) is 90.2 cm³/mol. The van der Waals surface area contributed by atoms with Crippen LogP contribution in [0.5, 0.6) is 0 Å². The zero-order valence-corrected chi connectivity index (χ0v) is 14.8. The summed E-state index contributed by atoms with van der Waals surface area (Å²) in [4.78, 5) is 4.90. The average Bonchev–Trinajstić information content (AvgIpc) is 2.90. The van der Waals surface area contributed by atoms with Crippen molar-refractivity contribution in [3.05, 3.63) is 47.2 Å². The minimum absolute atomic E-state index is 0.0521. The van der Waals surface area contributed by atoms with E-state index in [1.54, 1.807) is 12.1 Å². The molecule has 0 saturated heterocycles. The Morgan fingerprint density at radius 3 is 2.42 bits per heavy atom. The number of rotatable bonds is 3. The lowest BCUT2D eigenvalue weighted by atomic mass is 10.0. The van der Waals surface area contributed by atoms with Crippen LogP contribution in [0.15, 0.2) is 33.6 Å². The molecule has 1 aromatic heterocycles. The van der Waals surface area contributed by atoms with E-state index in [9.17, 15) is 8.42 Å². The third-order valence-corrected chi connectivity index (χ3v) is 6.45. The molecule has 128 valence electrons. The highest BCUT2D eigenvalue weighted by atomic mass is 32.2. The Bertz CT molecular complexity index is 858. The maximum absolute atomic E-state index is 11.4. The Kier molecular flexibility index (Phi) is 3.41. The van der Waals surface area contributed by atoms with E-state index in [0.717, 1.165) is 35.7 Å². The monoisotopic (exact) mass is 346 g/mol. The number of hydrogen-bond donors (Lipinski definition) is 1. The second-order valence-electron chi connectivity index (χ2n) is 7.52. The van der Waals surface area contributed by atoms with Crippen molar-refractivity contribution in [3.63, 3.8) is 0 Å². The molecule has 2 aliphatic carbocycles. The molecule has 1 fully saturated rings. The fourth-order valence-corrected chi connectivity index (χ4v) is 4.61. The van der Waals surface area contributed by atoms with Crippen molar-refractivity contribution in [2.24, 2.45) is 10.6 Å². The summed E-state index contributed by atoms with van der Waals surface area (Å²) in [6.07, 6.45) is 4.36. The summed E-state index contributed by atoms with van der Waals surface area (Å²) in [7, 11) is -3.65. The molecule has 1 saturated carbocycles. The molecule has 4 rings (SSSR count). The van der Waals surface area contributed by atoms with Crippen LogP contribution in [0, 0.1) is 5.41 Å². The highest BCUT2D eigenvalue weighted by Gasteiger charge is 2.61. The van der Waals surface area contributed by atoms with E-state index >= 15 is 0 Å². The lowest BCUT2D eigenvalue weighted by Gasteiger charge is -2.05. The van der Waals surface area contributed by atoms with Crippen LogP contribution in [-0.2, 0) is 22.9 Å². The van der Waals surface area contributed by atoms with Gasteiger partial charge in [0.25, 0.3) is 0 Å². The van der Waals surface area contributed by atoms with Crippen LogP contribution >= 0.6 is 0 Å². The second-order valence-corrected chi connectivity index (χ2v) is 9.08. The van der Waals surface area contributed by atoms with E-state index in [2.05, 4.69) is 13.8 Å². The normalized spacial score (nSPS) is 25.3. The maximum atomic E-state index is 11.4. The van der Waals surface area contributed by atoms with E-state index in [-0.39, 0.29) is 22.1 Å². The van der Waals surface area contributed by atoms with Crippen LogP contribution in [0.4, 0.5) is 0 Å². The van der Waals surface area contributed by atoms with E-state index < -0.39 is 10.0 Å². The third-order valence-electron chi connectivity index (χ3n) is 5.52. The lowest BCUT2D eigenvalue weighted by Crippen LogP contribution is -2.11. The number of nitrogens with two attached hydrogens (primary N) is 1. The minimum Gasteiger partial charge on any atom is -0.445 e. The van der Waals surface area contributed by atoms with Gasteiger partial charge in [-0.2, -0.15) is 0 Å². The zero-order valence-electron chi connectivity index (χ0n) is 14.0. The Balaban J connectivity index is 1.63. The van der Waals surface area contributed by atoms with Gasteiger partial charge in [-0.3, -0.25) is 0 Å². The Morgan fingerprint density at radius 2 is 1.79 bits per heavy atom. The van der Waals surface area contributed by atoms with Gasteiger partial charge >= 0.3 is 0 Å². The number of aromatic nitrogens is 1. The van der Waals surface area contributed by atoms with Gasteiger partial charge in [0.15, 0.2) is 5.89 Å². The van der Waals surface area contributed by atoms with Crippen molar-refractivity contribution in [1.29, 1.82) is 0 Å². The fourth-order valence-electron chi connectivity index (χ4n) is 4.09. The molecule has 0 radical (unpaired) electrons. The average molecular weight is 346 g/mol. The smallest absolute Gasteiger partial charge is 0.238 e. The summed E-state index contributed by atoms with van der Waals surface area (Å²) in [5.74, 6) is 2.42. The highest BCUT2D eigenvalue weighted by molar-refractivity contribution is 7.89.